The molecule has 1 fully saturated rings. The van der Waals surface area contributed by atoms with Gasteiger partial charge in [0.2, 0.25) is 0 Å². The first-order valence-electron chi connectivity index (χ1n) is 5.45. The summed E-state index contributed by atoms with van der Waals surface area (Å²) < 4.78 is 26.2. The molecule has 0 atom stereocenters. The summed E-state index contributed by atoms with van der Waals surface area (Å²) in [4.78, 5) is 23.1. The van der Waals surface area contributed by atoms with Crippen molar-refractivity contribution in [2.45, 2.75) is 19.3 Å². The highest BCUT2D eigenvalue weighted by Crippen LogP contribution is 2.26. The smallest absolute Gasteiger partial charge is 0.170 e. The molecule has 3 nitrogen and oxygen atoms in total. The van der Waals surface area contributed by atoms with Gasteiger partial charge in [0.05, 0.1) is 5.56 Å². The van der Waals surface area contributed by atoms with Crippen molar-refractivity contribution in [2.75, 3.05) is 0 Å². The zero-order valence-electron chi connectivity index (χ0n) is 9.37. The van der Waals surface area contributed by atoms with E-state index in [2.05, 4.69) is 0 Å². The molecule has 0 heterocycles. The van der Waals surface area contributed by atoms with Crippen molar-refractivity contribution in [3.8, 4) is 0 Å². The third-order valence-electron chi connectivity index (χ3n) is 2.79. The maximum atomic E-state index is 13.5. The lowest BCUT2D eigenvalue weighted by Crippen LogP contribution is -2.20. The van der Waals surface area contributed by atoms with Gasteiger partial charge in [-0.3, -0.25) is 9.59 Å². The lowest BCUT2D eigenvalue weighted by molar-refractivity contribution is -0.123. The minimum atomic E-state index is -1.01. The lowest BCUT2D eigenvalue weighted by atomic mass is 9.90. The van der Waals surface area contributed by atoms with Gasteiger partial charge in [-0.2, -0.15) is 0 Å². The van der Waals surface area contributed by atoms with Gasteiger partial charge in [-0.15, -0.1) is 0 Å². The monoisotopic (exact) mass is 252 g/mol. The predicted molar refractivity (Wildman–Crippen MR) is 59.8 cm³/mol. The van der Waals surface area contributed by atoms with Gasteiger partial charge in [0.1, 0.15) is 23.0 Å². The van der Waals surface area contributed by atoms with Crippen LogP contribution in [0.25, 0.3) is 5.76 Å². The quantitative estimate of drug-likeness (QED) is 0.474. The fraction of sp³-hybridized carbons (Fsp3) is 0.231. The zero-order chi connectivity index (χ0) is 13.3. The number of carbonyl (C=O) groups excluding carboxylic acids is 2. The molecule has 0 amide bonds. The summed E-state index contributed by atoms with van der Waals surface area (Å²) in [5.74, 6) is -3.52. The molecule has 5 heteroatoms. The van der Waals surface area contributed by atoms with Crippen molar-refractivity contribution >= 4 is 17.3 Å². The van der Waals surface area contributed by atoms with Crippen molar-refractivity contribution in [1.29, 1.82) is 0 Å². The van der Waals surface area contributed by atoms with E-state index in [0.29, 0.717) is 12.5 Å². The van der Waals surface area contributed by atoms with Crippen LogP contribution < -0.4 is 0 Å². The highest BCUT2D eigenvalue weighted by atomic mass is 19.1. The second kappa shape index (κ2) is 4.68. The van der Waals surface area contributed by atoms with E-state index < -0.39 is 29.0 Å². The van der Waals surface area contributed by atoms with Crippen LogP contribution >= 0.6 is 0 Å². The minimum Gasteiger partial charge on any atom is -0.506 e. The Bertz CT molecular complexity index is 543. The van der Waals surface area contributed by atoms with Gasteiger partial charge in [0.15, 0.2) is 11.6 Å². The molecule has 1 N–H and O–H groups in total. The normalized spacial score (nSPS) is 16.0. The molecule has 18 heavy (non-hydrogen) atoms. The Hall–Kier alpha value is -2.04. The molecular weight excluding hydrogens is 242 g/mol. The van der Waals surface area contributed by atoms with E-state index in [-0.39, 0.29) is 24.0 Å². The van der Waals surface area contributed by atoms with Crippen LogP contribution in [0, 0.1) is 11.6 Å². The number of aliphatic hydroxyl groups excluding tert-OH is 1. The van der Waals surface area contributed by atoms with Gasteiger partial charge in [-0.1, -0.05) is 0 Å². The number of hydrogen-bond acceptors (Lipinski definition) is 3. The molecule has 2 rings (SSSR count). The van der Waals surface area contributed by atoms with Crippen LogP contribution in [-0.2, 0) is 9.59 Å². The Kier molecular flexibility index (Phi) is 3.23. The van der Waals surface area contributed by atoms with Crippen LogP contribution in [-0.4, -0.2) is 16.7 Å². The van der Waals surface area contributed by atoms with Crippen LogP contribution in [0.4, 0.5) is 8.78 Å². The van der Waals surface area contributed by atoms with Gasteiger partial charge < -0.3 is 5.11 Å². The maximum absolute atomic E-state index is 13.5. The summed E-state index contributed by atoms with van der Waals surface area (Å²) in [6.07, 6.45) is 0.724. The Morgan fingerprint density at radius 1 is 1.11 bits per heavy atom. The van der Waals surface area contributed by atoms with Crippen LogP contribution in [0.15, 0.2) is 23.8 Å². The number of allylic oxidation sites excluding steroid dienone is 1. The first-order valence-corrected chi connectivity index (χ1v) is 5.45. The Balaban J connectivity index is 2.54. The number of carbonyl (C=O) groups is 2. The molecule has 0 aliphatic heterocycles. The van der Waals surface area contributed by atoms with Crippen molar-refractivity contribution in [2.24, 2.45) is 0 Å². The molecule has 0 spiro atoms. The van der Waals surface area contributed by atoms with E-state index in [4.69, 9.17) is 0 Å². The van der Waals surface area contributed by atoms with E-state index >= 15 is 0 Å². The summed E-state index contributed by atoms with van der Waals surface area (Å²) in [5.41, 5.74) is -0.721. The van der Waals surface area contributed by atoms with Gasteiger partial charge in [-0.05, 0) is 18.6 Å². The van der Waals surface area contributed by atoms with Crippen LogP contribution in [0.5, 0.6) is 0 Å². The third-order valence-corrected chi connectivity index (χ3v) is 2.79. The summed E-state index contributed by atoms with van der Waals surface area (Å²) in [6, 6.07) is 2.54. The highest BCUT2D eigenvalue weighted by molar-refractivity contribution is 6.25. The second-order valence-electron chi connectivity index (χ2n) is 4.05. The molecule has 0 radical (unpaired) electrons. The van der Waals surface area contributed by atoms with Gasteiger partial charge >= 0.3 is 0 Å². The molecule has 0 aromatic heterocycles. The SMILES string of the molecule is O=C1CCCC(=O)C1=C(O)c1ccc(F)cc1F. The van der Waals surface area contributed by atoms with Crippen LogP contribution in [0.2, 0.25) is 0 Å². The predicted octanol–water partition coefficient (Wildman–Crippen LogP) is 2.56. The average Bonchev–Trinajstić information content (AvgIpc) is 2.28. The topological polar surface area (TPSA) is 54.4 Å². The summed E-state index contributed by atoms with van der Waals surface area (Å²) in [7, 11) is 0. The molecule has 0 saturated heterocycles. The Morgan fingerprint density at radius 2 is 1.72 bits per heavy atom. The largest absolute Gasteiger partial charge is 0.506 e. The van der Waals surface area contributed by atoms with Gasteiger partial charge in [-0.25, -0.2) is 8.78 Å². The summed E-state index contributed by atoms with van der Waals surface area (Å²) >= 11 is 0. The van der Waals surface area contributed by atoms with E-state index in [0.717, 1.165) is 12.1 Å². The van der Waals surface area contributed by atoms with Crippen molar-refractivity contribution in [3.63, 3.8) is 0 Å². The van der Waals surface area contributed by atoms with Crippen LogP contribution in [0.1, 0.15) is 24.8 Å². The minimum absolute atomic E-state index is 0.147. The lowest BCUT2D eigenvalue weighted by Gasteiger charge is -2.14. The molecular formula is C13H10F2O3. The molecule has 94 valence electrons. The molecule has 1 aliphatic rings. The summed E-state index contributed by atoms with van der Waals surface area (Å²) in [5, 5.41) is 9.83. The molecule has 1 saturated carbocycles. The number of halogens is 2. The number of Topliss-reactive ketones (excluding diaryl/α,β-unsaturated/α-hetero) is 2. The zero-order valence-corrected chi connectivity index (χ0v) is 9.37. The fourth-order valence-electron chi connectivity index (χ4n) is 1.90. The Morgan fingerprint density at radius 3 is 2.28 bits per heavy atom. The number of ketones is 2. The molecule has 0 bridgehead atoms. The van der Waals surface area contributed by atoms with Crippen molar-refractivity contribution in [3.05, 3.63) is 41.0 Å². The number of rotatable bonds is 1. The first kappa shape index (κ1) is 12.4. The highest BCUT2D eigenvalue weighted by Gasteiger charge is 2.28. The second-order valence-corrected chi connectivity index (χ2v) is 4.05. The van der Waals surface area contributed by atoms with Crippen LogP contribution in [0.3, 0.4) is 0 Å². The standard InChI is InChI=1S/C13H10F2O3/c14-7-4-5-8(9(15)6-7)13(18)12-10(16)2-1-3-11(12)17/h4-6,18H,1-3H2. The number of hydrogen-bond donors (Lipinski definition) is 1. The van der Waals surface area contributed by atoms with Crippen molar-refractivity contribution < 1.29 is 23.5 Å². The molecule has 1 aliphatic carbocycles. The molecule has 0 unspecified atom stereocenters. The van der Waals surface area contributed by atoms with E-state index in [1.54, 1.807) is 0 Å². The Labute approximate surface area is 102 Å². The molecule has 1 aromatic rings. The first-order chi connectivity index (χ1) is 8.50. The van der Waals surface area contributed by atoms with Crippen molar-refractivity contribution in [1.82, 2.24) is 0 Å². The molecule has 1 aromatic carbocycles. The summed E-state index contributed by atoms with van der Waals surface area (Å²) in [6.45, 7) is 0. The third kappa shape index (κ3) is 2.16. The number of aliphatic hydroxyl groups is 1. The van der Waals surface area contributed by atoms with E-state index in [1.807, 2.05) is 0 Å². The van der Waals surface area contributed by atoms with Gasteiger partial charge in [0.25, 0.3) is 0 Å². The van der Waals surface area contributed by atoms with Gasteiger partial charge in [0, 0.05) is 18.9 Å². The maximum Gasteiger partial charge on any atom is 0.170 e. The number of benzene rings is 1. The van der Waals surface area contributed by atoms with E-state index in [9.17, 15) is 23.5 Å². The van der Waals surface area contributed by atoms with E-state index in [1.165, 1.54) is 0 Å². The average molecular weight is 252 g/mol. The fourth-order valence-corrected chi connectivity index (χ4v) is 1.90.